The fourth-order valence-corrected chi connectivity index (χ4v) is 6.25. The number of aliphatic hydroxyl groups is 2. The highest BCUT2D eigenvalue weighted by molar-refractivity contribution is 5.96. The molecule has 0 atom stereocenters. The quantitative estimate of drug-likeness (QED) is 0.243. The van der Waals surface area contributed by atoms with Crippen molar-refractivity contribution in [3.63, 3.8) is 0 Å². The van der Waals surface area contributed by atoms with Gasteiger partial charge in [0.05, 0.1) is 52.4 Å². The second kappa shape index (κ2) is 11.6. The molecule has 0 saturated heterocycles. The largest absolute Gasteiger partial charge is 0.512 e. The average molecular weight is 581 g/mol. The Morgan fingerprint density at radius 3 is 1.67 bits per heavy atom. The van der Waals surface area contributed by atoms with Gasteiger partial charge < -0.3 is 24.9 Å². The zero-order valence-electron chi connectivity index (χ0n) is 26.2. The van der Waals surface area contributed by atoms with E-state index in [9.17, 15) is 15.0 Å². The molecule has 3 aromatic rings. The maximum absolute atomic E-state index is 12.1. The van der Waals surface area contributed by atoms with Crippen LogP contribution >= 0.6 is 0 Å². The molecule has 0 unspecified atom stereocenters. The average Bonchev–Trinajstić information content (AvgIpc) is 3.61. The van der Waals surface area contributed by atoms with Gasteiger partial charge in [0.25, 0.3) is 0 Å². The van der Waals surface area contributed by atoms with Crippen molar-refractivity contribution < 1.29 is 19.7 Å². The predicted molar refractivity (Wildman–Crippen MR) is 174 cm³/mol. The Balaban J connectivity index is 1.99. The first-order valence-corrected chi connectivity index (χ1v) is 14.7. The van der Waals surface area contributed by atoms with Crippen molar-refractivity contribution in [1.29, 1.82) is 0 Å². The van der Waals surface area contributed by atoms with E-state index in [0.29, 0.717) is 11.6 Å². The van der Waals surface area contributed by atoms with Gasteiger partial charge >= 0.3 is 5.97 Å². The third-order valence-corrected chi connectivity index (χ3v) is 8.56. The number of hydrogen-bond acceptors (Lipinski definition) is 6. The Kier molecular flexibility index (Phi) is 8.06. The molecule has 5 heterocycles. The standard InChI is InChI=1S/C35H40N4O4/c1-9-10-23-17(2)25-13-27-19(4)34(21(6)40)32(38-27)15-28-20(5)35(22(7)41)31(39-28)14-26-18(3)24(11-12-33(42)43-8)30(37-26)16-29(23)36-25/h13-16,38-41H,9-12H2,1-8H3. The fourth-order valence-electron chi connectivity index (χ4n) is 6.25. The van der Waals surface area contributed by atoms with E-state index in [4.69, 9.17) is 14.7 Å². The second-order valence-electron chi connectivity index (χ2n) is 11.5. The minimum atomic E-state index is -0.274. The number of aromatic nitrogens is 4. The highest BCUT2D eigenvalue weighted by Gasteiger charge is 2.22. The van der Waals surface area contributed by atoms with Gasteiger partial charge in [-0.1, -0.05) is 13.3 Å². The van der Waals surface area contributed by atoms with Crippen molar-refractivity contribution in [1.82, 2.24) is 19.9 Å². The van der Waals surface area contributed by atoms with E-state index in [0.717, 1.165) is 90.7 Å². The molecule has 0 radical (unpaired) electrons. The summed E-state index contributed by atoms with van der Waals surface area (Å²) in [6.07, 6.45) is 2.56. The number of nitrogens with one attached hydrogen (secondary N) is 2. The Bertz CT molecular complexity index is 2010. The van der Waals surface area contributed by atoms with Gasteiger partial charge in [-0.05, 0) is 112 Å². The highest BCUT2D eigenvalue weighted by atomic mass is 16.5. The maximum atomic E-state index is 12.1. The summed E-state index contributed by atoms with van der Waals surface area (Å²) in [6, 6.07) is 7.99. The first-order chi connectivity index (χ1) is 20.4. The smallest absolute Gasteiger partial charge is 0.305 e. The summed E-state index contributed by atoms with van der Waals surface area (Å²) in [6.45, 7) is 13.6. The molecule has 0 aromatic carbocycles. The van der Waals surface area contributed by atoms with Crippen LogP contribution in [-0.4, -0.2) is 43.2 Å². The second-order valence-corrected chi connectivity index (χ2v) is 11.5. The van der Waals surface area contributed by atoms with Crippen LogP contribution in [0.25, 0.3) is 55.9 Å². The molecule has 0 spiro atoms. The number of aryl methyl sites for hydroxylation is 2. The van der Waals surface area contributed by atoms with E-state index >= 15 is 0 Å². The third-order valence-electron chi connectivity index (χ3n) is 8.56. The van der Waals surface area contributed by atoms with E-state index in [1.54, 1.807) is 13.8 Å². The zero-order chi connectivity index (χ0) is 31.2. The minimum absolute atomic E-state index is 0.189. The van der Waals surface area contributed by atoms with Crippen LogP contribution < -0.4 is 10.4 Å². The number of rotatable bonds is 5. The molecule has 0 aliphatic carbocycles. The van der Waals surface area contributed by atoms with E-state index in [1.807, 2.05) is 45.0 Å². The highest BCUT2D eigenvalue weighted by Crippen LogP contribution is 2.37. The van der Waals surface area contributed by atoms with Crippen molar-refractivity contribution >= 4 is 61.8 Å². The van der Waals surface area contributed by atoms with Gasteiger partial charge in [-0.3, -0.25) is 4.79 Å². The SMILES string of the molecule is CCCC1=C(C)c2cc3[nH]c(cc4[nH]c(cc5nc(cc1n2)C(CCC(=O)OC)=C5C)c(=C(C)O)c4C)c(=C(C)O)c3C. The number of carbonyl (C=O) groups excluding carboxylic acids is 1. The van der Waals surface area contributed by atoms with E-state index in [-0.39, 0.29) is 23.9 Å². The summed E-state index contributed by atoms with van der Waals surface area (Å²) >= 11 is 0. The molecule has 8 nitrogen and oxygen atoms in total. The van der Waals surface area contributed by atoms with Crippen LogP contribution in [0.5, 0.6) is 0 Å². The van der Waals surface area contributed by atoms with Crippen molar-refractivity contribution in [2.45, 2.75) is 74.1 Å². The normalized spacial score (nSPS) is 14.8. The molecule has 2 aliphatic rings. The molecule has 0 saturated carbocycles. The number of esters is 1. The number of fused-ring (bicyclic) bond motifs is 8. The van der Waals surface area contributed by atoms with E-state index in [2.05, 4.69) is 23.8 Å². The molecule has 5 rings (SSSR count). The Labute approximate surface area is 251 Å². The molecular weight excluding hydrogens is 540 g/mol. The monoisotopic (exact) mass is 580 g/mol. The van der Waals surface area contributed by atoms with Gasteiger partial charge in [0, 0.05) is 27.9 Å². The number of carbonyl (C=O) groups is 1. The number of hydrogen-bond donors (Lipinski definition) is 4. The Morgan fingerprint density at radius 1 is 0.721 bits per heavy atom. The lowest BCUT2D eigenvalue weighted by molar-refractivity contribution is -0.140. The number of aliphatic hydroxyl groups excluding tert-OH is 2. The minimum Gasteiger partial charge on any atom is -0.512 e. The van der Waals surface area contributed by atoms with Crippen molar-refractivity contribution in [3.8, 4) is 0 Å². The Hall–Kier alpha value is -4.59. The molecular formula is C35H40N4O4. The van der Waals surface area contributed by atoms with Gasteiger partial charge in [0.1, 0.15) is 0 Å². The lowest BCUT2D eigenvalue weighted by atomic mass is 9.98. The van der Waals surface area contributed by atoms with E-state index in [1.165, 1.54) is 12.7 Å². The Morgan fingerprint density at radius 2 is 1.19 bits per heavy atom. The van der Waals surface area contributed by atoms with Gasteiger partial charge in [-0.15, -0.1) is 0 Å². The number of H-pyrrole nitrogens is 2. The maximum Gasteiger partial charge on any atom is 0.305 e. The number of ether oxygens (including phenoxy) is 1. The number of allylic oxidation sites excluding steroid dienone is 4. The lowest BCUT2D eigenvalue weighted by Gasteiger charge is -2.05. The molecule has 43 heavy (non-hydrogen) atoms. The van der Waals surface area contributed by atoms with Gasteiger partial charge in [0.2, 0.25) is 0 Å². The summed E-state index contributed by atoms with van der Waals surface area (Å²) in [7, 11) is 1.40. The topological polar surface area (TPSA) is 124 Å². The first-order valence-electron chi connectivity index (χ1n) is 14.7. The van der Waals surface area contributed by atoms with Crippen molar-refractivity contribution in [2.24, 2.45) is 0 Å². The van der Waals surface area contributed by atoms with Crippen LogP contribution in [0.4, 0.5) is 0 Å². The van der Waals surface area contributed by atoms with Crippen LogP contribution in [0.15, 0.2) is 24.3 Å². The molecule has 3 aromatic heterocycles. The molecule has 0 amide bonds. The lowest BCUT2D eigenvalue weighted by Crippen LogP contribution is -2.06. The third kappa shape index (κ3) is 5.38. The van der Waals surface area contributed by atoms with Crippen LogP contribution in [0, 0.1) is 13.8 Å². The van der Waals surface area contributed by atoms with Crippen molar-refractivity contribution in [2.75, 3.05) is 7.11 Å². The summed E-state index contributed by atoms with van der Waals surface area (Å²) in [5, 5.41) is 22.9. The number of methoxy groups -OCH3 is 1. The van der Waals surface area contributed by atoms with Crippen LogP contribution in [0.1, 0.15) is 94.2 Å². The molecule has 4 N–H and O–H groups in total. The molecule has 8 bridgehead atoms. The predicted octanol–water partition coefficient (Wildman–Crippen LogP) is 6.92. The number of aromatic amines is 2. The number of nitrogens with zero attached hydrogens (tertiary/aromatic N) is 2. The summed E-state index contributed by atoms with van der Waals surface area (Å²) in [4.78, 5) is 29.3. The van der Waals surface area contributed by atoms with Crippen LogP contribution in [-0.2, 0) is 9.53 Å². The van der Waals surface area contributed by atoms with Gasteiger partial charge in [0.15, 0.2) is 0 Å². The van der Waals surface area contributed by atoms with E-state index < -0.39 is 0 Å². The first kappa shape index (κ1) is 29.9. The zero-order valence-corrected chi connectivity index (χ0v) is 26.2. The molecule has 8 heteroatoms. The van der Waals surface area contributed by atoms with Crippen LogP contribution in [0.2, 0.25) is 0 Å². The molecule has 0 fully saturated rings. The summed E-state index contributed by atoms with van der Waals surface area (Å²) < 4.78 is 4.94. The van der Waals surface area contributed by atoms with Crippen LogP contribution in [0.3, 0.4) is 0 Å². The van der Waals surface area contributed by atoms with Crippen molar-refractivity contribution in [3.05, 3.63) is 68.6 Å². The molecule has 224 valence electrons. The summed E-state index contributed by atoms with van der Waals surface area (Å²) in [5.41, 5.74) is 12.4. The molecule has 2 aliphatic heterocycles. The fraction of sp³-hybridized carbons (Fsp3) is 0.343. The van der Waals surface area contributed by atoms with Gasteiger partial charge in [-0.2, -0.15) is 0 Å². The summed E-state index contributed by atoms with van der Waals surface area (Å²) in [5.74, 6) is 0.133. The van der Waals surface area contributed by atoms with Gasteiger partial charge in [-0.25, -0.2) is 9.97 Å².